The highest BCUT2D eigenvalue weighted by atomic mass is 16.6. The number of carbonyl (C=O) groups excluding carboxylic acids is 1. The van der Waals surface area contributed by atoms with Crippen LogP contribution in [0.15, 0.2) is 18.2 Å². The SMILES string of the molecule is CCOC(=O)N1CCC(O)(c2cccc(C)c2C)CC1. The molecule has 0 spiro atoms. The molecule has 1 aliphatic rings. The van der Waals surface area contributed by atoms with Crippen molar-refractivity contribution in [3.63, 3.8) is 0 Å². The van der Waals surface area contributed by atoms with Gasteiger partial charge in [-0.2, -0.15) is 0 Å². The van der Waals surface area contributed by atoms with E-state index in [-0.39, 0.29) is 6.09 Å². The van der Waals surface area contributed by atoms with Gasteiger partial charge in [0.05, 0.1) is 12.2 Å². The van der Waals surface area contributed by atoms with Gasteiger partial charge in [0.2, 0.25) is 0 Å². The van der Waals surface area contributed by atoms with Crippen LogP contribution in [0.4, 0.5) is 4.79 Å². The number of rotatable bonds is 2. The lowest BCUT2D eigenvalue weighted by molar-refractivity contribution is -0.0248. The molecule has 1 aliphatic heterocycles. The van der Waals surface area contributed by atoms with Crippen LogP contribution in [-0.4, -0.2) is 35.8 Å². The number of aryl methyl sites for hydroxylation is 1. The number of piperidine rings is 1. The molecule has 0 aromatic heterocycles. The highest BCUT2D eigenvalue weighted by Crippen LogP contribution is 2.35. The van der Waals surface area contributed by atoms with Gasteiger partial charge in [-0.3, -0.25) is 0 Å². The number of likely N-dealkylation sites (tertiary alicyclic amines) is 1. The van der Waals surface area contributed by atoms with Gasteiger partial charge in [0.15, 0.2) is 0 Å². The van der Waals surface area contributed by atoms with E-state index < -0.39 is 5.60 Å². The summed E-state index contributed by atoms with van der Waals surface area (Å²) in [6, 6.07) is 6.02. The average Bonchev–Trinajstić information content (AvgIpc) is 2.42. The van der Waals surface area contributed by atoms with E-state index in [1.807, 2.05) is 19.1 Å². The number of hydrogen-bond acceptors (Lipinski definition) is 3. The number of amides is 1. The Morgan fingerprint density at radius 3 is 2.60 bits per heavy atom. The van der Waals surface area contributed by atoms with Gasteiger partial charge in [-0.05, 0) is 50.3 Å². The second-order valence-electron chi connectivity index (χ2n) is 5.47. The van der Waals surface area contributed by atoms with Crippen LogP contribution in [0.5, 0.6) is 0 Å². The number of aliphatic hydroxyl groups is 1. The Hall–Kier alpha value is -1.55. The lowest BCUT2D eigenvalue weighted by atomic mass is 9.81. The summed E-state index contributed by atoms with van der Waals surface area (Å²) in [5, 5.41) is 10.9. The molecule has 0 aliphatic carbocycles. The molecular weight excluding hydrogens is 254 g/mol. The van der Waals surface area contributed by atoms with Crippen LogP contribution >= 0.6 is 0 Å². The number of benzene rings is 1. The Bertz CT molecular complexity index is 490. The van der Waals surface area contributed by atoms with Gasteiger partial charge in [-0.1, -0.05) is 18.2 Å². The minimum absolute atomic E-state index is 0.282. The molecule has 1 heterocycles. The average molecular weight is 277 g/mol. The van der Waals surface area contributed by atoms with Gasteiger partial charge in [0.1, 0.15) is 0 Å². The third kappa shape index (κ3) is 2.80. The molecule has 0 unspecified atom stereocenters. The Kier molecular flexibility index (Phi) is 4.33. The molecule has 1 N–H and O–H groups in total. The highest BCUT2D eigenvalue weighted by molar-refractivity contribution is 5.67. The molecule has 20 heavy (non-hydrogen) atoms. The topological polar surface area (TPSA) is 49.8 Å². The number of carbonyl (C=O) groups is 1. The largest absolute Gasteiger partial charge is 0.450 e. The summed E-state index contributed by atoms with van der Waals surface area (Å²) < 4.78 is 5.00. The zero-order valence-corrected chi connectivity index (χ0v) is 12.5. The lowest BCUT2D eigenvalue weighted by Crippen LogP contribution is -2.45. The first kappa shape index (κ1) is 14.9. The van der Waals surface area contributed by atoms with Crippen LogP contribution in [0.1, 0.15) is 36.5 Å². The molecule has 1 amide bonds. The van der Waals surface area contributed by atoms with Crippen molar-refractivity contribution in [1.82, 2.24) is 4.90 Å². The van der Waals surface area contributed by atoms with Gasteiger partial charge < -0.3 is 14.7 Å². The molecule has 4 nitrogen and oxygen atoms in total. The summed E-state index contributed by atoms with van der Waals surface area (Å²) in [7, 11) is 0. The predicted octanol–water partition coefficient (Wildman–Crippen LogP) is 2.74. The Labute approximate surface area is 120 Å². The third-order valence-corrected chi connectivity index (χ3v) is 4.22. The summed E-state index contributed by atoms with van der Waals surface area (Å²) in [5.41, 5.74) is 2.48. The number of nitrogens with zero attached hydrogens (tertiary/aromatic N) is 1. The van der Waals surface area contributed by atoms with Crippen molar-refractivity contribution in [2.75, 3.05) is 19.7 Å². The van der Waals surface area contributed by atoms with Crippen molar-refractivity contribution >= 4 is 6.09 Å². The van der Waals surface area contributed by atoms with Crippen molar-refractivity contribution < 1.29 is 14.6 Å². The van der Waals surface area contributed by atoms with Crippen molar-refractivity contribution in [2.24, 2.45) is 0 Å². The molecule has 2 rings (SSSR count). The molecule has 1 aromatic carbocycles. The van der Waals surface area contributed by atoms with E-state index >= 15 is 0 Å². The minimum atomic E-state index is -0.834. The van der Waals surface area contributed by atoms with Crippen LogP contribution < -0.4 is 0 Å². The van der Waals surface area contributed by atoms with Crippen LogP contribution in [0, 0.1) is 13.8 Å². The number of ether oxygens (including phenoxy) is 1. The second-order valence-corrected chi connectivity index (χ2v) is 5.47. The summed E-state index contributed by atoms with van der Waals surface area (Å²) >= 11 is 0. The van der Waals surface area contributed by atoms with Gasteiger partial charge in [-0.25, -0.2) is 4.79 Å². The van der Waals surface area contributed by atoms with Crippen molar-refractivity contribution in [3.8, 4) is 0 Å². The van der Waals surface area contributed by atoms with Gasteiger partial charge >= 0.3 is 6.09 Å². The summed E-state index contributed by atoms with van der Waals surface area (Å²) in [5.74, 6) is 0. The monoisotopic (exact) mass is 277 g/mol. The first-order chi connectivity index (χ1) is 9.48. The fourth-order valence-electron chi connectivity index (χ4n) is 2.80. The fraction of sp³-hybridized carbons (Fsp3) is 0.562. The van der Waals surface area contributed by atoms with E-state index in [9.17, 15) is 9.90 Å². The maximum absolute atomic E-state index is 11.7. The van der Waals surface area contributed by atoms with E-state index in [0.717, 1.165) is 11.1 Å². The molecular formula is C16H23NO3. The van der Waals surface area contributed by atoms with Crippen molar-refractivity contribution in [2.45, 2.75) is 39.2 Å². The first-order valence-electron chi connectivity index (χ1n) is 7.18. The smallest absolute Gasteiger partial charge is 0.409 e. The van der Waals surface area contributed by atoms with Gasteiger partial charge in [0, 0.05) is 13.1 Å². The van der Waals surface area contributed by atoms with Crippen LogP contribution in [0.25, 0.3) is 0 Å². The van der Waals surface area contributed by atoms with Crippen molar-refractivity contribution in [3.05, 3.63) is 34.9 Å². The maximum atomic E-state index is 11.7. The second kappa shape index (κ2) is 5.83. The van der Waals surface area contributed by atoms with E-state index in [1.165, 1.54) is 5.56 Å². The van der Waals surface area contributed by atoms with Crippen LogP contribution in [0.2, 0.25) is 0 Å². The zero-order valence-electron chi connectivity index (χ0n) is 12.5. The van der Waals surface area contributed by atoms with E-state index in [2.05, 4.69) is 13.0 Å². The lowest BCUT2D eigenvalue weighted by Gasteiger charge is -2.38. The van der Waals surface area contributed by atoms with E-state index in [4.69, 9.17) is 4.74 Å². The van der Waals surface area contributed by atoms with Gasteiger partial charge in [0.25, 0.3) is 0 Å². The zero-order chi connectivity index (χ0) is 14.8. The highest BCUT2D eigenvalue weighted by Gasteiger charge is 2.36. The van der Waals surface area contributed by atoms with Gasteiger partial charge in [-0.15, -0.1) is 0 Å². The van der Waals surface area contributed by atoms with E-state index in [1.54, 1.807) is 11.8 Å². The molecule has 1 saturated heterocycles. The Morgan fingerprint density at radius 1 is 1.35 bits per heavy atom. The summed E-state index contributed by atoms with van der Waals surface area (Å²) in [6.07, 6.45) is 0.821. The molecule has 4 heteroatoms. The quantitative estimate of drug-likeness (QED) is 0.904. The van der Waals surface area contributed by atoms with E-state index in [0.29, 0.717) is 32.5 Å². The first-order valence-corrected chi connectivity index (χ1v) is 7.18. The van der Waals surface area contributed by atoms with Crippen molar-refractivity contribution in [1.29, 1.82) is 0 Å². The molecule has 0 atom stereocenters. The standard InChI is InChI=1S/C16H23NO3/c1-4-20-15(18)17-10-8-16(19,9-11-17)14-7-5-6-12(2)13(14)3/h5-7,19H,4,8-11H2,1-3H3. The molecule has 110 valence electrons. The number of hydrogen-bond donors (Lipinski definition) is 1. The fourth-order valence-corrected chi connectivity index (χ4v) is 2.80. The Morgan fingerprint density at radius 2 is 2.00 bits per heavy atom. The Balaban J connectivity index is 2.12. The molecule has 1 aromatic rings. The minimum Gasteiger partial charge on any atom is -0.450 e. The molecule has 1 fully saturated rings. The maximum Gasteiger partial charge on any atom is 0.409 e. The summed E-state index contributed by atoms with van der Waals surface area (Å²) in [6.45, 7) is 7.34. The molecule has 0 radical (unpaired) electrons. The predicted molar refractivity (Wildman–Crippen MR) is 77.6 cm³/mol. The van der Waals surface area contributed by atoms with Crippen LogP contribution in [0.3, 0.4) is 0 Å². The molecule has 0 saturated carbocycles. The normalized spacial score (nSPS) is 17.9. The molecule has 0 bridgehead atoms. The third-order valence-electron chi connectivity index (χ3n) is 4.22. The van der Waals surface area contributed by atoms with Crippen LogP contribution in [-0.2, 0) is 10.3 Å². The summed E-state index contributed by atoms with van der Waals surface area (Å²) in [4.78, 5) is 13.4.